The van der Waals surface area contributed by atoms with Gasteiger partial charge < -0.3 is 5.73 Å². The average molecular weight is 353 g/mol. The van der Waals surface area contributed by atoms with Crippen LogP contribution in [0.2, 0.25) is 0 Å². The van der Waals surface area contributed by atoms with Gasteiger partial charge in [0.2, 0.25) is 0 Å². The van der Waals surface area contributed by atoms with E-state index in [-0.39, 0.29) is 6.04 Å². The van der Waals surface area contributed by atoms with E-state index in [1.54, 1.807) is 11.3 Å². The molecule has 0 radical (unpaired) electrons. The van der Waals surface area contributed by atoms with Crippen molar-refractivity contribution in [3.63, 3.8) is 0 Å². The Bertz CT molecular complexity index is 559. The Morgan fingerprint density at radius 2 is 1.85 bits per heavy atom. The fraction of sp³-hybridized carbons (Fsp3) is 0.375. The van der Waals surface area contributed by atoms with E-state index in [0.717, 1.165) is 11.0 Å². The van der Waals surface area contributed by atoms with E-state index in [1.807, 2.05) is 0 Å². The number of nitrogens with zero attached hydrogens (tertiary/aromatic N) is 1. The van der Waals surface area contributed by atoms with Gasteiger partial charge in [-0.05, 0) is 48.5 Å². The SMILES string of the molecule is Cc1cc(C)cc(C(CN)N(C)Cc2cc(Br)cs2)c1. The monoisotopic (exact) mass is 352 g/mol. The van der Waals surface area contributed by atoms with Crippen molar-refractivity contribution in [3.05, 3.63) is 55.7 Å². The van der Waals surface area contributed by atoms with E-state index in [0.29, 0.717) is 6.54 Å². The van der Waals surface area contributed by atoms with Gasteiger partial charge in [-0.2, -0.15) is 0 Å². The molecule has 0 fully saturated rings. The number of nitrogens with two attached hydrogens (primary N) is 1. The molecule has 0 aliphatic heterocycles. The lowest BCUT2D eigenvalue weighted by atomic mass is 10.0. The van der Waals surface area contributed by atoms with Crippen LogP contribution in [0.3, 0.4) is 0 Å². The summed E-state index contributed by atoms with van der Waals surface area (Å²) in [6.07, 6.45) is 0. The molecule has 0 saturated heterocycles. The number of aryl methyl sites for hydroxylation is 2. The van der Waals surface area contributed by atoms with Gasteiger partial charge in [0.1, 0.15) is 0 Å². The summed E-state index contributed by atoms with van der Waals surface area (Å²) in [7, 11) is 2.14. The normalized spacial score (nSPS) is 12.9. The van der Waals surface area contributed by atoms with Crippen LogP contribution in [0.5, 0.6) is 0 Å². The maximum Gasteiger partial charge on any atom is 0.0471 e. The maximum absolute atomic E-state index is 6.02. The summed E-state index contributed by atoms with van der Waals surface area (Å²) in [6.45, 7) is 5.83. The third-order valence-corrected chi connectivity index (χ3v) is 5.09. The summed E-state index contributed by atoms with van der Waals surface area (Å²) in [5, 5.41) is 2.12. The first kappa shape index (κ1) is 15.7. The number of halogens is 1. The van der Waals surface area contributed by atoms with Gasteiger partial charge >= 0.3 is 0 Å². The van der Waals surface area contributed by atoms with E-state index in [2.05, 4.69) is 71.4 Å². The van der Waals surface area contributed by atoms with Crippen LogP contribution < -0.4 is 5.73 Å². The van der Waals surface area contributed by atoms with Gasteiger partial charge in [0, 0.05) is 33.9 Å². The standard InChI is InChI=1S/C16H21BrN2S/c1-11-4-12(2)6-13(5-11)16(8-18)19(3)9-15-7-14(17)10-20-15/h4-7,10,16H,8-9,18H2,1-3H3. The van der Waals surface area contributed by atoms with Crippen molar-refractivity contribution in [1.29, 1.82) is 0 Å². The molecule has 2 nitrogen and oxygen atoms in total. The molecule has 0 aliphatic rings. The summed E-state index contributed by atoms with van der Waals surface area (Å²) in [6, 6.07) is 9.12. The van der Waals surface area contributed by atoms with Crippen molar-refractivity contribution in [1.82, 2.24) is 4.90 Å². The van der Waals surface area contributed by atoms with Crippen LogP contribution in [0.15, 0.2) is 34.1 Å². The highest BCUT2D eigenvalue weighted by molar-refractivity contribution is 9.10. The van der Waals surface area contributed by atoms with Crippen molar-refractivity contribution < 1.29 is 0 Å². The van der Waals surface area contributed by atoms with E-state index in [1.165, 1.54) is 21.6 Å². The van der Waals surface area contributed by atoms with Crippen LogP contribution in [0, 0.1) is 13.8 Å². The quantitative estimate of drug-likeness (QED) is 0.870. The Kier molecular flexibility index (Phi) is 5.38. The molecule has 1 atom stereocenters. The van der Waals surface area contributed by atoms with E-state index in [4.69, 9.17) is 5.73 Å². The third kappa shape index (κ3) is 3.92. The van der Waals surface area contributed by atoms with Crippen molar-refractivity contribution in [3.8, 4) is 0 Å². The van der Waals surface area contributed by atoms with Gasteiger partial charge in [-0.1, -0.05) is 29.3 Å². The van der Waals surface area contributed by atoms with Crippen molar-refractivity contribution >= 4 is 27.3 Å². The summed E-state index contributed by atoms with van der Waals surface area (Å²) in [4.78, 5) is 3.68. The molecule has 1 unspecified atom stereocenters. The minimum atomic E-state index is 0.259. The molecule has 0 bridgehead atoms. The number of benzene rings is 1. The Labute approximate surface area is 133 Å². The smallest absolute Gasteiger partial charge is 0.0471 e. The van der Waals surface area contributed by atoms with Gasteiger partial charge in [-0.3, -0.25) is 4.90 Å². The van der Waals surface area contributed by atoms with Gasteiger partial charge in [0.15, 0.2) is 0 Å². The molecule has 2 N–H and O–H groups in total. The lowest BCUT2D eigenvalue weighted by Crippen LogP contribution is -2.30. The van der Waals surface area contributed by atoms with Crippen molar-refractivity contribution in [2.75, 3.05) is 13.6 Å². The lowest BCUT2D eigenvalue weighted by molar-refractivity contribution is 0.244. The van der Waals surface area contributed by atoms with Crippen molar-refractivity contribution in [2.45, 2.75) is 26.4 Å². The van der Waals surface area contributed by atoms with Gasteiger partial charge in [0.05, 0.1) is 0 Å². The van der Waals surface area contributed by atoms with Gasteiger partial charge in [-0.25, -0.2) is 0 Å². The summed E-state index contributed by atoms with van der Waals surface area (Å²) < 4.78 is 1.15. The second-order valence-corrected chi connectivity index (χ2v) is 7.23. The molecule has 1 aromatic carbocycles. The topological polar surface area (TPSA) is 29.3 Å². The van der Waals surface area contributed by atoms with E-state index < -0.39 is 0 Å². The zero-order valence-corrected chi connectivity index (χ0v) is 14.6. The fourth-order valence-electron chi connectivity index (χ4n) is 2.57. The summed E-state index contributed by atoms with van der Waals surface area (Å²) >= 11 is 5.29. The first-order valence-corrected chi connectivity index (χ1v) is 8.38. The van der Waals surface area contributed by atoms with Crippen LogP contribution in [-0.4, -0.2) is 18.5 Å². The fourth-order valence-corrected chi connectivity index (χ4v) is 4.08. The zero-order chi connectivity index (χ0) is 14.7. The minimum absolute atomic E-state index is 0.259. The zero-order valence-electron chi connectivity index (χ0n) is 12.2. The van der Waals surface area contributed by atoms with E-state index in [9.17, 15) is 0 Å². The Morgan fingerprint density at radius 3 is 2.35 bits per heavy atom. The van der Waals surface area contributed by atoms with Crippen molar-refractivity contribution in [2.24, 2.45) is 5.73 Å². The molecule has 0 spiro atoms. The molecule has 0 aliphatic carbocycles. The molecule has 0 saturated carbocycles. The van der Waals surface area contributed by atoms with Gasteiger partial charge in [0.25, 0.3) is 0 Å². The molecular weight excluding hydrogens is 332 g/mol. The number of hydrogen-bond donors (Lipinski definition) is 1. The number of thiophene rings is 1. The van der Waals surface area contributed by atoms with Crippen LogP contribution in [0.4, 0.5) is 0 Å². The second-order valence-electron chi connectivity index (χ2n) is 5.32. The van der Waals surface area contributed by atoms with E-state index >= 15 is 0 Å². The van der Waals surface area contributed by atoms with Crippen LogP contribution in [0.1, 0.15) is 27.6 Å². The largest absolute Gasteiger partial charge is 0.329 e. The molecule has 20 heavy (non-hydrogen) atoms. The molecule has 0 amide bonds. The molecular formula is C16H21BrN2S. The van der Waals surface area contributed by atoms with Crippen LogP contribution in [-0.2, 0) is 6.54 Å². The highest BCUT2D eigenvalue weighted by atomic mass is 79.9. The minimum Gasteiger partial charge on any atom is -0.329 e. The molecule has 4 heteroatoms. The molecule has 1 aromatic heterocycles. The predicted molar refractivity (Wildman–Crippen MR) is 91.2 cm³/mol. The molecule has 1 heterocycles. The highest BCUT2D eigenvalue weighted by Gasteiger charge is 2.17. The third-order valence-electron chi connectivity index (χ3n) is 3.41. The Balaban J connectivity index is 2.18. The predicted octanol–water partition coefficient (Wildman–Crippen LogP) is 4.26. The maximum atomic E-state index is 6.02. The molecule has 2 aromatic rings. The van der Waals surface area contributed by atoms with Crippen LogP contribution >= 0.6 is 27.3 Å². The second kappa shape index (κ2) is 6.85. The summed E-state index contributed by atoms with van der Waals surface area (Å²) in [5.74, 6) is 0. The molecule has 108 valence electrons. The first-order valence-electron chi connectivity index (χ1n) is 6.71. The molecule has 2 rings (SSSR count). The number of rotatable bonds is 5. The number of likely N-dealkylation sites (N-methyl/N-ethyl adjacent to an activating group) is 1. The van der Waals surface area contributed by atoms with Crippen LogP contribution in [0.25, 0.3) is 0 Å². The Hall–Kier alpha value is -0.680. The Morgan fingerprint density at radius 1 is 1.20 bits per heavy atom. The van der Waals surface area contributed by atoms with Gasteiger partial charge in [-0.15, -0.1) is 11.3 Å². The highest BCUT2D eigenvalue weighted by Crippen LogP contribution is 2.26. The number of hydrogen-bond acceptors (Lipinski definition) is 3. The summed E-state index contributed by atoms with van der Waals surface area (Å²) in [5.41, 5.74) is 9.92. The first-order chi connectivity index (χ1) is 9.49. The lowest BCUT2D eigenvalue weighted by Gasteiger charge is -2.27. The average Bonchev–Trinajstić information content (AvgIpc) is 2.74.